The molecule has 0 fully saturated rings. The van der Waals surface area contributed by atoms with Crippen molar-refractivity contribution in [3.8, 4) is 6.07 Å². The van der Waals surface area contributed by atoms with Gasteiger partial charge in [-0.3, -0.25) is 19.3 Å². The second kappa shape index (κ2) is 6.18. The standard InChI is InChI=1S/C15H15N3O3/c1-17(8-4-7-16)14(20)10-18-13(19)9-11-5-2-3-6-12(11)15(18)21/h2-3,5-6H,4,8-10H2,1H3. The van der Waals surface area contributed by atoms with Crippen molar-refractivity contribution < 1.29 is 14.4 Å². The highest BCUT2D eigenvalue weighted by Crippen LogP contribution is 2.19. The van der Waals surface area contributed by atoms with Gasteiger partial charge in [0.2, 0.25) is 11.8 Å². The number of imide groups is 1. The maximum atomic E-state index is 12.3. The molecule has 1 heterocycles. The van der Waals surface area contributed by atoms with E-state index in [1.54, 1.807) is 31.3 Å². The summed E-state index contributed by atoms with van der Waals surface area (Å²) in [6, 6.07) is 8.84. The third-order valence-electron chi connectivity index (χ3n) is 3.41. The summed E-state index contributed by atoms with van der Waals surface area (Å²) in [5, 5.41) is 8.51. The van der Waals surface area contributed by atoms with Gasteiger partial charge in [-0.25, -0.2) is 0 Å². The minimum Gasteiger partial charge on any atom is -0.343 e. The van der Waals surface area contributed by atoms with Crippen LogP contribution in [0.5, 0.6) is 0 Å². The number of nitrogens with zero attached hydrogens (tertiary/aromatic N) is 3. The quantitative estimate of drug-likeness (QED) is 0.758. The molecule has 1 aromatic rings. The van der Waals surface area contributed by atoms with Crippen LogP contribution in [0.2, 0.25) is 0 Å². The molecule has 108 valence electrons. The predicted octanol–water partition coefficient (Wildman–Crippen LogP) is 0.584. The fraction of sp³-hybridized carbons (Fsp3) is 0.333. The molecular weight excluding hydrogens is 270 g/mol. The zero-order valence-corrected chi connectivity index (χ0v) is 11.7. The van der Waals surface area contributed by atoms with Crippen molar-refractivity contribution in [2.45, 2.75) is 12.8 Å². The van der Waals surface area contributed by atoms with Crippen molar-refractivity contribution in [3.05, 3.63) is 35.4 Å². The van der Waals surface area contributed by atoms with Gasteiger partial charge in [0.15, 0.2) is 0 Å². The van der Waals surface area contributed by atoms with Gasteiger partial charge in [0.25, 0.3) is 5.91 Å². The van der Waals surface area contributed by atoms with Gasteiger partial charge in [-0.1, -0.05) is 18.2 Å². The summed E-state index contributed by atoms with van der Waals surface area (Å²) in [4.78, 5) is 38.6. The Balaban J connectivity index is 2.11. The molecule has 0 unspecified atom stereocenters. The summed E-state index contributed by atoms with van der Waals surface area (Å²) in [7, 11) is 1.55. The molecule has 2 rings (SSSR count). The van der Waals surface area contributed by atoms with Crippen LogP contribution in [0.1, 0.15) is 22.3 Å². The van der Waals surface area contributed by atoms with Crippen LogP contribution in [0.3, 0.4) is 0 Å². The molecule has 0 atom stereocenters. The van der Waals surface area contributed by atoms with Crippen molar-refractivity contribution in [1.29, 1.82) is 5.26 Å². The summed E-state index contributed by atoms with van der Waals surface area (Å²) in [5.74, 6) is -1.17. The molecule has 0 radical (unpaired) electrons. The summed E-state index contributed by atoms with van der Waals surface area (Å²) in [6.07, 6.45) is 0.337. The van der Waals surface area contributed by atoms with Crippen LogP contribution in [0.4, 0.5) is 0 Å². The number of rotatable bonds is 4. The molecule has 1 aliphatic heterocycles. The zero-order valence-electron chi connectivity index (χ0n) is 11.7. The van der Waals surface area contributed by atoms with Gasteiger partial charge in [0, 0.05) is 19.2 Å². The Bertz CT molecular complexity index is 633. The lowest BCUT2D eigenvalue weighted by Crippen LogP contribution is -2.48. The van der Waals surface area contributed by atoms with Gasteiger partial charge in [0.1, 0.15) is 6.54 Å². The number of likely N-dealkylation sites (N-methyl/N-ethyl adjacent to an activating group) is 1. The summed E-state index contributed by atoms with van der Waals surface area (Å²) >= 11 is 0. The molecule has 0 N–H and O–H groups in total. The van der Waals surface area contributed by atoms with E-state index in [0.717, 1.165) is 4.90 Å². The minimum atomic E-state index is -0.441. The second-order valence-electron chi connectivity index (χ2n) is 4.84. The number of carbonyl (C=O) groups is 3. The van der Waals surface area contributed by atoms with E-state index in [1.807, 2.05) is 6.07 Å². The first-order valence-electron chi connectivity index (χ1n) is 6.58. The molecule has 1 aliphatic rings. The SMILES string of the molecule is CN(CCC#N)C(=O)CN1C(=O)Cc2ccccc2C1=O. The van der Waals surface area contributed by atoms with E-state index >= 15 is 0 Å². The van der Waals surface area contributed by atoms with E-state index in [-0.39, 0.29) is 37.7 Å². The molecule has 0 bridgehead atoms. The largest absolute Gasteiger partial charge is 0.343 e. The topological polar surface area (TPSA) is 81.5 Å². The van der Waals surface area contributed by atoms with Gasteiger partial charge in [0.05, 0.1) is 18.9 Å². The molecular formula is C15H15N3O3. The predicted molar refractivity (Wildman–Crippen MR) is 74.1 cm³/mol. The molecule has 21 heavy (non-hydrogen) atoms. The van der Waals surface area contributed by atoms with E-state index < -0.39 is 5.91 Å². The summed E-state index contributed by atoms with van der Waals surface area (Å²) < 4.78 is 0. The Morgan fingerprint density at radius 2 is 2.10 bits per heavy atom. The molecule has 6 nitrogen and oxygen atoms in total. The lowest BCUT2D eigenvalue weighted by Gasteiger charge is -2.27. The first-order chi connectivity index (χ1) is 10.0. The second-order valence-corrected chi connectivity index (χ2v) is 4.84. The van der Waals surface area contributed by atoms with Crippen LogP contribution in [-0.2, 0) is 16.0 Å². The Hall–Kier alpha value is -2.68. The molecule has 0 spiro atoms. The highest BCUT2D eigenvalue weighted by atomic mass is 16.2. The van der Waals surface area contributed by atoms with Gasteiger partial charge in [-0.05, 0) is 11.6 Å². The fourth-order valence-electron chi connectivity index (χ4n) is 2.16. The summed E-state index contributed by atoms with van der Waals surface area (Å²) in [5.41, 5.74) is 1.15. The molecule has 0 saturated heterocycles. The monoisotopic (exact) mass is 285 g/mol. The number of hydrogen-bond acceptors (Lipinski definition) is 4. The third kappa shape index (κ3) is 3.08. The van der Waals surface area contributed by atoms with Crippen molar-refractivity contribution in [2.24, 2.45) is 0 Å². The average molecular weight is 285 g/mol. The first-order valence-corrected chi connectivity index (χ1v) is 6.58. The Kier molecular flexibility index (Phi) is 4.33. The van der Waals surface area contributed by atoms with Gasteiger partial charge in [-0.2, -0.15) is 5.26 Å². The van der Waals surface area contributed by atoms with Gasteiger partial charge in [-0.15, -0.1) is 0 Å². The number of hydrogen-bond donors (Lipinski definition) is 0. The Morgan fingerprint density at radius 3 is 2.81 bits per heavy atom. The average Bonchev–Trinajstić information content (AvgIpc) is 2.48. The van der Waals surface area contributed by atoms with E-state index in [2.05, 4.69) is 0 Å². The van der Waals surface area contributed by atoms with Crippen LogP contribution in [-0.4, -0.2) is 47.7 Å². The molecule has 6 heteroatoms. The molecule has 1 aromatic carbocycles. The number of benzene rings is 1. The van der Waals surface area contributed by atoms with Crippen molar-refractivity contribution >= 4 is 17.7 Å². The maximum absolute atomic E-state index is 12.3. The van der Waals surface area contributed by atoms with Crippen molar-refractivity contribution in [2.75, 3.05) is 20.1 Å². The smallest absolute Gasteiger partial charge is 0.261 e. The van der Waals surface area contributed by atoms with Crippen molar-refractivity contribution in [1.82, 2.24) is 9.80 Å². The van der Waals surface area contributed by atoms with Crippen LogP contribution in [0.15, 0.2) is 24.3 Å². The van der Waals surface area contributed by atoms with Gasteiger partial charge >= 0.3 is 0 Å². The lowest BCUT2D eigenvalue weighted by atomic mass is 9.98. The lowest BCUT2D eigenvalue weighted by molar-refractivity contribution is -0.137. The first kappa shape index (κ1) is 14.7. The van der Waals surface area contributed by atoms with Crippen LogP contribution in [0.25, 0.3) is 0 Å². The highest BCUT2D eigenvalue weighted by molar-refractivity contribution is 6.11. The van der Waals surface area contributed by atoms with E-state index in [1.165, 1.54) is 4.90 Å². The Labute approximate surface area is 122 Å². The van der Waals surface area contributed by atoms with Crippen LogP contribution in [0, 0.1) is 11.3 Å². The van der Waals surface area contributed by atoms with Crippen molar-refractivity contribution in [3.63, 3.8) is 0 Å². The van der Waals surface area contributed by atoms with E-state index in [4.69, 9.17) is 5.26 Å². The van der Waals surface area contributed by atoms with E-state index in [9.17, 15) is 14.4 Å². The molecule has 3 amide bonds. The molecule has 0 aliphatic carbocycles. The van der Waals surface area contributed by atoms with Gasteiger partial charge < -0.3 is 4.90 Å². The number of carbonyl (C=O) groups excluding carboxylic acids is 3. The maximum Gasteiger partial charge on any atom is 0.261 e. The Morgan fingerprint density at radius 1 is 1.38 bits per heavy atom. The van der Waals surface area contributed by atoms with Crippen LogP contribution < -0.4 is 0 Å². The number of nitriles is 1. The highest BCUT2D eigenvalue weighted by Gasteiger charge is 2.32. The summed E-state index contributed by atoms with van der Waals surface area (Å²) in [6.45, 7) is -0.00390. The molecule has 0 aromatic heterocycles. The minimum absolute atomic E-state index is 0.122. The van der Waals surface area contributed by atoms with Crippen LogP contribution >= 0.6 is 0 Å². The third-order valence-corrected chi connectivity index (χ3v) is 3.41. The fourth-order valence-corrected chi connectivity index (χ4v) is 2.16. The van der Waals surface area contributed by atoms with E-state index in [0.29, 0.717) is 11.1 Å². The number of amides is 3. The molecule has 0 saturated carbocycles. The number of fused-ring (bicyclic) bond motifs is 1. The normalized spacial score (nSPS) is 13.6. The zero-order chi connectivity index (χ0) is 15.4.